The number of nitrogens with two attached hydrogens (primary N) is 1. The Labute approximate surface area is 218 Å². The largest absolute Gasteiger partial charge is 0.470 e. The number of rotatable bonds is 10. The smallest absolute Gasteiger partial charge is 0.258 e. The van der Waals surface area contributed by atoms with Gasteiger partial charge in [0.05, 0.1) is 29.3 Å². The summed E-state index contributed by atoms with van der Waals surface area (Å²) in [4.78, 5) is 10.3. The van der Waals surface area contributed by atoms with Gasteiger partial charge in [-0.3, -0.25) is 9.62 Å². The number of aliphatic hydroxyl groups excluding tert-OH is 1. The molecule has 4 N–H and O–H groups in total. The molecule has 2 heterocycles. The summed E-state index contributed by atoms with van der Waals surface area (Å²) in [6.45, 7) is 0.717. The van der Waals surface area contributed by atoms with Crippen molar-refractivity contribution >= 4 is 33.1 Å². The summed E-state index contributed by atoms with van der Waals surface area (Å²) in [5.41, 5.74) is 6.99. The van der Waals surface area contributed by atoms with Gasteiger partial charge in [-0.1, -0.05) is 23.7 Å². The number of anilines is 2. The zero-order valence-electron chi connectivity index (χ0n) is 19.7. The van der Waals surface area contributed by atoms with E-state index in [-0.39, 0.29) is 35.7 Å². The number of benzene rings is 2. The van der Waals surface area contributed by atoms with Crippen LogP contribution in [-0.4, -0.2) is 59.9 Å². The van der Waals surface area contributed by atoms with Crippen LogP contribution in [0.4, 0.5) is 20.3 Å². The third kappa shape index (κ3) is 6.63. The Morgan fingerprint density at radius 1 is 1.19 bits per heavy atom. The van der Waals surface area contributed by atoms with Crippen molar-refractivity contribution in [1.82, 2.24) is 14.9 Å². The van der Waals surface area contributed by atoms with Crippen molar-refractivity contribution < 1.29 is 27.0 Å². The summed E-state index contributed by atoms with van der Waals surface area (Å²) in [5, 5.41) is 9.01. The molecule has 1 atom stereocenters. The summed E-state index contributed by atoms with van der Waals surface area (Å²) in [6, 6.07) is 8.33. The number of aliphatic hydroxyl groups is 1. The lowest BCUT2D eigenvalue weighted by molar-refractivity contribution is 0.165. The number of halogens is 3. The van der Waals surface area contributed by atoms with Crippen molar-refractivity contribution in [2.45, 2.75) is 25.5 Å². The molecule has 0 aliphatic carbocycles. The van der Waals surface area contributed by atoms with Crippen LogP contribution < -0.4 is 15.2 Å². The molecule has 0 saturated carbocycles. The number of ether oxygens (including phenoxy) is 1. The normalized spacial score (nSPS) is 16.2. The van der Waals surface area contributed by atoms with E-state index in [4.69, 9.17) is 22.1 Å². The predicted octanol–water partition coefficient (Wildman–Crippen LogP) is 3.43. The Morgan fingerprint density at radius 2 is 1.92 bits per heavy atom. The lowest BCUT2D eigenvalue weighted by Crippen LogP contribution is -2.36. The molecular weight excluding hydrogens is 528 g/mol. The number of hydrogen-bond donors (Lipinski definition) is 3. The van der Waals surface area contributed by atoms with E-state index < -0.39 is 33.3 Å². The molecule has 2 aromatic carbocycles. The zero-order chi connectivity index (χ0) is 26.6. The predicted molar refractivity (Wildman–Crippen MR) is 137 cm³/mol. The maximum atomic E-state index is 14.0. The average molecular weight is 554 g/mol. The maximum Gasteiger partial charge on any atom is 0.258 e. The van der Waals surface area contributed by atoms with E-state index in [1.165, 1.54) is 6.20 Å². The fraction of sp³-hybridized carbons (Fsp3) is 0.333. The maximum absolute atomic E-state index is 14.0. The minimum absolute atomic E-state index is 0.00856. The number of nitrogen functional groups attached to an aromatic ring is 1. The van der Waals surface area contributed by atoms with Gasteiger partial charge in [0.1, 0.15) is 18.2 Å². The Morgan fingerprint density at radius 3 is 2.65 bits per heavy atom. The van der Waals surface area contributed by atoms with Crippen LogP contribution in [0.15, 0.2) is 42.6 Å². The number of sulfonamides is 1. The average Bonchev–Trinajstić information content (AvgIpc) is 3.34. The monoisotopic (exact) mass is 553 g/mol. The molecule has 37 heavy (non-hydrogen) atoms. The molecule has 0 bridgehead atoms. The number of nitrogens with zero attached hydrogens (tertiary/aromatic N) is 3. The first kappa shape index (κ1) is 27.0. The fourth-order valence-electron chi connectivity index (χ4n) is 4.04. The van der Waals surface area contributed by atoms with Crippen LogP contribution in [0.5, 0.6) is 5.88 Å². The van der Waals surface area contributed by atoms with Crippen LogP contribution in [0.1, 0.15) is 18.4 Å². The minimum atomic E-state index is -3.59. The molecule has 198 valence electrons. The molecule has 1 fully saturated rings. The van der Waals surface area contributed by atoms with Crippen LogP contribution in [0.25, 0.3) is 11.3 Å². The van der Waals surface area contributed by atoms with Crippen LogP contribution in [0.2, 0.25) is 5.02 Å². The van der Waals surface area contributed by atoms with Gasteiger partial charge in [0.25, 0.3) is 5.88 Å². The van der Waals surface area contributed by atoms with E-state index in [1.807, 2.05) is 4.90 Å². The number of hydrogen-bond acceptors (Lipinski definition) is 8. The van der Waals surface area contributed by atoms with Gasteiger partial charge in [0.2, 0.25) is 10.0 Å². The molecule has 0 amide bonds. The van der Waals surface area contributed by atoms with E-state index in [0.29, 0.717) is 23.5 Å². The summed E-state index contributed by atoms with van der Waals surface area (Å²) >= 11 is 5.83. The van der Waals surface area contributed by atoms with E-state index in [0.717, 1.165) is 31.5 Å². The van der Waals surface area contributed by atoms with Gasteiger partial charge in [0.15, 0.2) is 5.82 Å². The highest BCUT2D eigenvalue weighted by molar-refractivity contribution is 7.92. The van der Waals surface area contributed by atoms with Gasteiger partial charge in [-0.05, 0) is 43.7 Å². The van der Waals surface area contributed by atoms with Crippen molar-refractivity contribution in [3.8, 4) is 17.1 Å². The van der Waals surface area contributed by atoms with Crippen molar-refractivity contribution in [2.75, 3.05) is 35.9 Å². The number of likely N-dealkylation sites (tertiary alicyclic amines) is 1. The Bertz CT molecular complexity index is 1360. The van der Waals surface area contributed by atoms with Crippen molar-refractivity contribution in [1.29, 1.82) is 0 Å². The first-order valence-corrected chi connectivity index (χ1v) is 13.5. The quantitative estimate of drug-likeness (QED) is 0.325. The minimum Gasteiger partial charge on any atom is -0.470 e. The highest BCUT2D eigenvalue weighted by Crippen LogP contribution is 2.28. The summed E-state index contributed by atoms with van der Waals surface area (Å²) < 4.78 is 60.8. The molecule has 1 aliphatic heterocycles. The molecule has 4 rings (SSSR count). The third-order valence-corrected chi connectivity index (χ3v) is 7.75. The van der Waals surface area contributed by atoms with Gasteiger partial charge in [-0.25, -0.2) is 27.2 Å². The second-order valence-electron chi connectivity index (χ2n) is 8.57. The van der Waals surface area contributed by atoms with Gasteiger partial charge in [0, 0.05) is 29.4 Å². The molecule has 0 unspecified atom stereocenters. The zero-order valence-corrected chi connectivity index (χ0v) is 21.3. The van der Waals surface area contributed by atoms with Crippen LogP contribution in [-0.2, 0) is 16.6 Å². The summed E-state index contributed by atoms with van der Waals surface area (Å²) in [6.07, 6.45) is 3.21. The molecule has 1 aliphatic rings. The molecule has 13 heteroatoms. The molecule has 1 aromatic heterocycles. The summed E-state index contributed by atoms with van der Waals surface area (Å²) in [5.74, 6) is -1.75. The SMILES string of the molecule is Nc1ncc(-c2ccc(NS(=O)(=O)CCN3CCC[C@H]3CO)cc2)nc1OCc1c(F)ccc(F)c1Cl. The Hall–Kier alpha value is -3.06. The second kappa shape index (κ2) is 11.5. The van der Waals surface area contributed by atoms with E-state index in [1.54, 1.807) is 24.3 Å². The third-order valence-electron chi connectivity index (χ3n) is 6.07. The number of nitrogens with one attached hydrogen (secondary N) is 1. The second-order valence-corrected chi connectivity index (χ2v) is 10.8. The van der Waals surface area contributed by atoms with E-state index in [9.17, 15) is 22.3 Å². The van der Waals surface area contributed by atoms with Gasteiger partial charge in [-0.15, -0.1) is 0 Å². The molecular formula is C24H26ClF2N5O4S. The Kier molecular flexibility index (Phi) is 8.42. The van der Waals surface area contributed by atoms with E-state index >= 15 is 0 Å². The van der Waals surface area contributed by atoms with Gasteiger partial charge < -0.3 is 15.6 Å². The lowest BCUT2D eigenvalue weighted by atomic mass is 10.1. The van der Waals surface area contributed by atoms with E-state index in [2.05, 4.69) is 14.7 Å². The first-order valence-electron chi connectivity index (χ1n) is 11.5. The Balaban J connectivity index is 1.41. The van der Waals surface area contributed by atoms with Crippen molar-refractivity contribution in [2.24, 2.45) is 0 Å². The van der Waals surface area contributed by atoms with Crippen molar-refractivity contribution in [3.63, 3.8) is 0 Å². The highest BCUT2D eigenvalue weighted by Gasteiger charge is 2.25. The van der Waals surface area contributed by atoms with Crippen molar-refractivity contribution in [3.05, 3.63) is 64.8 Å². The molecule has 3 aromatic rings. The fourth-order valence-corrected chi connectivity index (χ4v) is 5.32. The topological polar surface area (TPSA) is 131 Å². The standard InChI is InChI=1S/C24H26ClF2N5O4S/c25-22-18(19(26)7-8-20(22)27)14-36-24-23(28)29-12-21(30-24)15-3-5-16(6-4-15)31-37(34,35)11-10-32-9-1-2-17(32)13-33/h3-8,12,17,31,33H,1-2,9-11,13-14H2,(H2,28,29)/t17-/m0/s1. The van der Waals surface area contributed by atoms with Crippen LogP contribution in [0.3, 0.4) is 0 Å². The molecule has 1 saturated heterocycles. The number of aromatic nitrogens is 2. The summed E-state index contributed by atoms with van der Waals surface area (Å²) in [7, 11) is -3.59. The molecule has 9 nitrogen and oxygen atoms in total. The molecule has 0 spiro atoms. The van der Waals surface area contributed by atoms with Crippen LogP contribution >= 0.6 is 11.6 Å². The highest BCUT2D eigenvalue weighted by atomic mass is 35.5. The first-order chi connectivity index (χ1) is 17.7. The molecule has 0 radical (unpaired) electrons. The van der Waals surface area contributed by atoms with Gasteiger partial charge >= 0.3 is 0 Å². The lowest BCUT2D eigenvalue weighted by Gasteiger charge is -2.22. The van der Waals surface area contributed by atoms with Gasteiger partial charge in [-0.2, -0.15) is 0 Å². The van der Waals surface area contributed by atoms with Crippen LogP contribution in [0, 0.1) is 11.6 Å².